The van der Waals surface area contributed by atoms with Crippen LogP contribution < -0.4 is 10.7 Å². The highest BCUT2D eigenvalue weighted by Gasteiger charge is 2.24. The molecule has 1 aromatic heterocycles. The fourth-order valence-corrected chi connectivity index (χ4v) is 4.31. The quantitative estimate of drug-likeness (QED) is 0.232. The highest BCUT2D eigenvalue weighted by molar-refractivity contribution is 6.30. The molecule has 2 amide bonds. The molecule has 0 radical (unpaired) electrons. The second-order valence-electron chi connectivity index (χ2n) is 9.17. The topological polar surface area (TPSA) is 75.5 Å². The maximum atomic E-state index is 13.4. The Labute approximate surface area is 220 Å². The van der Waals surface area contributed by atoms with E-state index in [1.807, 2.05) is 45.0 Å². The average Bonchev–Trinajstić information content (AvgIpc) is 3.14. The molecule has 0 aliphatic heterocycles. The Morgan fingerprint density at radius 1 is 1.03 bits per heavy atom. The molecule has 190 valence electrons. The summed E-state index contributed by atoms with van der Waals surface area (Å²) in [6.45, 7) is 6.25. The Morgan fingerprint density at radius 2 is 1.70 bits per heavy atom. The zero-order valence-corrected chi connectivity index (χ0v) is 21.6. The predicted octanol–water partition coefficient (Wildman–Crippen LogP) is 5.70. The average molecular weight is 519 g/mol. The smallest absolute Gasteiger partial charge is 0.262 e. The maximum absolute atomic E-state index is 13.4. The van der Waals surface area contributed by atoms with Gasteiger partial charge >= 0.3 is 0 Å². The second-order valence-corrected chi connectivity index (χ2v) is 9.60. The molecule has 0 aliphatic rings. The molecule has 3 aromatic carbocycles. The van der Waals surface area contributed by atoms with E-state index in [4.69, 9.17) is 11.6 Å². The number of benzene rings is 3. The van der Waals surface area contributed by atoms with Gasteiger partial charge in [-0.3, -0.25) is 9.59 Å². The molecule has 4 aromatic rings. The van der Waals surface area contributed by atoms with Crippen molar-refractivity contribution in [3.63, 3.8) is 0 Å². The molecule has 4 rings (SSSR count). The number of rotatable bonds is 8. The molecule has 37 heavy (non-hydrogen) atoms. The van der Waals surface area contributed by atoms with Crippen molar-refractivity contribution in [1.82, 2.24) is 15.3 Å². The van der Waals surface area contributed by atoms with Crippen LogP contribution in [0.25, 0.3) is 10.9 Å². The number of para-hydroxylation sites is 1. The number of carbonyl (C=O) groups excluding carboxylic acids is 2. The fourth-order valence-electron chi connectivity index (χ4n) is 4.19. The molecule has 0 aliphatic carbocycles. The lowest BCUT2D eigenvalue weighted by Gasteiger charge is -2.20. The number of fused-ring (bicyclic) bond motifs is 1. The monoisotopic (exact) mass is 518 g/mol. The molecule has 0 fully saturated rings. The summed E-state index contributed by atoms with van der Waals surface area (Å²) >= 11 is 5.90. The van der Waals surface area contributed by atoms with E-state index >= 15 is 0 Å². The van der Waals surface area contributed by atoms with E-state index in [-0.39, 0.29) is 17.6 Å². The fraction of sp³-hybridized carbons (Fsp3) is 0.207. The van der Waals surface area contributed by atoms with Gasteiger partial charge < -0.3 is 9.88 Å². The molecular weight excluding hydrogens is 491 g/mol. The van der Waals surface area contributed by atoms with E-state index in [0.717, 1.165) is 27.7 Å². The van der Waals surface area contributed by atoms with Crippen LogP contribution in [0, 0.1) is 18.7 Å². The SMILES string of the molecule is Cc1c(/C=N\NC(=O)C(NC(=O)c2ccc(Cl)cc2)C(C)C)c2ccccc2n1Cc1ccc(F)cc1. The molecular formula is C29H28ClFN4O2. The summed E-state index contributed by atoms with van der Waals surface area (Å²) in [4.78, 5) is 25.6. The van der Waals surface area contributed by atoms with E-state index in [2.05, 4.69) is 20.4 Å². The largest absolute Gasteiger partial charge is 0.340 e. The zero-order chi connectivity index (χ0) is 26.5. The highest BCUT2D eigenvalue weighted by atomic mass is 35.5. The van der Waals surface area contributed by atoms with Crippen molar-refractivity contribution in [3.8, 4) is 0 Å². The van der Waals surface area contributed by atoms with Gasteiger partial charge in [-0.2, -0.15) is 5.10 Å². The first kappa shape index (κ1) is 26.1. The molecule has 0 spiro atoms. The van der Waals surface area contributed by atoms with Crippen molar-refractivity contribution in [1.29, 1.82) is 0 Å². The zero-order valence-electron chi connectivity index (χ0n) is 20.8. The third kappa shape index (κ3) is 6.06. The number of hydrogen-bond acceptors (Lipinski definition) is 3. The van der Waals surface area contributed by atoms with E-state index < -0.39 is 11.9 Å². The van der Waals surface area contributed by atoms with Crippen molar-refractivity contribution in [2.75, 3.05) is 0 Å². The van der Waals surface area contributed by atoms with Crippen LogP contribution >= 0.6 is 11.6 Å². The van der Waals surface area contributed by atoms with Gasteiger partial charge in [0.15, 0.2) is 0 Å². The van der Waals surface area contributed by atoms with E-state index in [1.54, 1.807) is 42.6 Å². The first-order valence-electron chi connectivity index (χ1n) is 12.0. The second kappa shape index (κ2) is 11.4. The molecule has 6 nitrogen and oxygen atoms in total. The Hall–Kier alpha value is -3.97. The summed E-state index contributed by atoms with van der Waals surface area (Å²) in [5.74, 6) is -1.22. The van der Waals surface area contributed by atoms with Gasteiger partial charge in [0.1, 0.15) is 11.9 Å². The van der Waals surface area contributed by atoms with Gasteiger partial charge in [0.25, 0.3) is 11.8 Å². The van der Waals surface area contributed by atoms with Crippen molar-refractivity contribution >= 4 is 40.5 Å². The molecule has 1 unspecified atom stereocenters. The molecule has 1 heterocycles. The number of halogens is 2. The Bertz CT molecular complexity index is 1440. The van der Waals surface area contributed by atoms with Gasteiger partial charge in [-0.25, -0.2) is 9.82 Å². The predicted molar refractivity (Wildman–Crippen MR) is 145 cm³/mol. The van der Waals surface area contributed by atoms with Crippen molar-refractivity contribution in [3.05, 3.63) is 106 Å². The minimum atomic E-state index is -0.777. The maximum Gasteiger partial charge on any atom is 0.262 e. The third-order valence-electron chi connectivity index (χ3n) is 6.24. The van der Waals surface area contributed by atoms with Crippen molar-refractivity contribution in [2.45, 2.75) is 33.4 Å². The highest BCUT2D eigenvalue weighted by Crippen LogP contribution is 2.25. The number of carbonyl (C=O) groups is 2. The first-order chi connectivity index (χ1) is 17.7. The lowest BCUT2D eigenvalue weighted by atomic mass is 10.0. The van der Waals surface area contributed by atoms with Gasteiger partial charge in [-0.05, 0) is 60.9 Å². The standard InChI is InChI=1S/C29H28ClFN4O2/c1-18(2)27(33-28(36)21-10-12-22(30)13-11-21)29(37)34-32-16-25-19(3)35(26-7-5-4-6-24(25)26)17-20-8-14-23(31)15-9-20/h4-16,18,27H,17H2,1-3H3,(H,33,36)(H,34,37)/b32-16-. The van der Waals surface area contributed by atoms with Crippen LogP contribution in [0.2, 0.25) is 5.02 Å². The minimum absolute atomic E-state index is 0.161. The van der Waals surface area contributed by atoms with Gasteiger partial charge in [-0.15, -0.1) is 0 Å². The van der Waals surface area contributed by atoms with Gasteiger partial charge in [0, 0.05) is 39.3 Å². The summed E-state index contributed by atoms with van der Waals surface area (Å²) in [5, 5.41) is 8.51. The van der Waals surface area contributed by atoms with Crippen LogP contribution in [0.1, 0.15) is 41.0 Å². The number of nitrogens with one attached hydrogen (secondary N) is 2. The normalized spacial score (nSPS) is 12.3. The molecule has 0 saturated heterocycles. The van der Waals surface area contributed by atoms with E-state index in [0.29, 0.717) is 17.1 Å². The van der Waals surface area contributed by atoms with Crippen LogP contribution in [0.4, 0.5) is 4.39 Å². The number of nitrogens with zero attached hydrogens (tertiary/aromatic N) is 2. The van der Waals surface area contributed by atoms with Crippen LogP contribution in [0.15, 0.2) is 77.9 Å². The summed E-state index contributed by atoms with van der Waals surface area (Å²) in [6, 6.07) is 20.0. The number of hydrogen-bond donors (Lipinski definition) is 2. The van der Waals surface area contributed by atoms with Crippen molar-refractivity contribution < 1.29 is 14.0 Å². The van der Waals surface area contributed by atoms with Crippen LogP contribution in [0.5, 0.6) is 0 Å². The first-order valence-corrected chi connectivity index (χ1v) is 12.3. The number of amides is 2. The molecule has 2 N–H and O–H groups in total. The Balaban J connectivity index is 1.52. The van der Waals surface area contributed by atoms with Crippen LogP contribution in [-0.2, 0) is 11.3 Å². The summed E-state index contributed by atoms with van der Waals surface area (Å²) in [7, 11) is 0. The van der Waals surface area contributed by atoms with Gasteiger partial charge in [0.05, 0.1) is 6.21 Å². The number of hydrazone groups is 1. The van der Waals surface area contributed by atoms with Crippen LogP contribution in [-0.4, -0.2) is 28.6 Å². The Morgan fingerprint density at radius 3 is 2.38 bits per heavy atom. The van der Waals surface area contributed by atoms with Gasteiger partial charge in [0.2, 0.25) is 0 Å². The molecule has 0 bridgehead atoms. The lowest BCUT2D eigenvalue weighted by Crippen LogP contribution is -2.48. The van der Waals surface area contributed by atoms with Crippen LogP contribution in [0.3, 0.4) is 0 Å². The summed E-state index contributed by atoms with van der Waals surface area (Å²) in [6.07, 6.45) is 1.62. The van der Waals surface area contributed by atoms with Gasteiger partial charge in [-0.1, -0.05) is 55.8 Å². The third-order valence-corrected chi connectivity index (χ3v) is 6.50. The molecule has 8 heteroatoms. The van der Waals surface area contributed by atoms with E-state index in [1.165, 1.54) is 12.1 Å². The lowest BCUT2D eigenvalue weighted by molar-refractivity contribution is -0.123. The summed E-state index contributed by atoms with van der Waals surface area (Å²) < 4.78 is 15.5. The minimum Gasteiger partial charge on any atom is -0.340 e. The van der Waals surface area contributed by atoms with Crippen molar-refractivity contribution in [2.24, 2.45) is 11.0 Å². The molecule has 0 saturated carbocycles. The number of aromatic nitrogens is 1. The summed E-state index contributed by atoms with van der Waals surface area (Å²) in [5.41, 5.74) is 6.79. The van der Waals surface area contributed by atoms with E-state index in [9.17, 15) is 14.0 Å². The Kier molecular flexibility index (Phi) is 8.04. The molecule has 1 atom stereocenters.